The summed E-state index contributed by atoms with van der Waals surface area (Å²) in [7, 11) is 0. The molecule has 128 valence electrons. The van der Waals surface area contributed by atoms with E-state index < -0.39 is 17.2 Å². The second-order valence-electron chi connectivity index (χ2n) is 5.92. The van der Waals surface area contributed by atoms with Crippen molar-refractivity contribution in [1.29, 1.82) is 0 Å². The zero-order valence-electron chi connectivity index (χ0n) is 12.8. The van der Waals surface area contributed by atoms with Gasteiger partial charge in [0.05, 0.1) is 16.3 Å². The first-order valence-electron chi connectivity index (χ1n) is 7.36. The molecule has 2 aromatic carbocycles. The van der Waals surface area contributed by atoms with Crippen LogP contribution in [-0.2, 0) is 4.84 Å². The van der Waals surface area contributed by atoms with Gasteiger partial charge >= 0.3 is 0 Å². The lowest BCUT2D eigenvalue weighted by molar-refractivity contribution is 0.0199. The van der Waals surface area contributed by atoms with Crippen LogP contribution < -0.4 is 5.06 Å². The lowest BCUT2D eigenvalue weighted by atomic mass is 10.2. The number of halogens is 4. The van der Waals surface area contributed by atoms with Gasteiger partial charge in [-0.1, -0.05) is 11.6 Å². The Morgan fingerprint density at radius 1 is 1.21 bits per heavy atom. The van der Waals surface area contributed by atoms with Crippen molar-refractivity contribution in [3.63, 3.8) is 0 Å². The van der Waals surface area contributed by atoms with Crippen molar-refractivity contribution < 1.29 is 18.7 Å². The minimum Gasteiger partial charge on any atom is -0.387 e. The van der Waals surface area contributed by atoms with Crippen LogP contribution in [-0.4, -0.2) is 17.3 Å². The second-order valence-corrected chi connectivity index (χ2v) is 7.57. The highest BCUT2D eigenvalue weighted by atomic mass is 127. The van der Waals surface area contributed by atoms with Crippen molar-refractivity contribution >= 4 is 45.6 Å². The third kappa shape index (κ3) is 3.66. The van der Waals surface area contributed by atoms with Gasteiger partial charge in [-0.3, -0.25) is 4.84 Å². The molecule has 1 aliphatic carbocycles. The molecule has 24 heavy (non-hydrogen) atoms. The van der Waals surface area contributed by atoms with Crippen molar-refractivity contribution in [2.45, 2.75) is 25.4 Å². The predicted molar refractivity (Wildman–Crippen MR) is 97.5 cm³/mol. The summed E-state index contributed by atoms with van der Waals surface area (Å²) in [6, 6.07) is 8.15. The van der Waals surface area contributed by atoms with Gasteiger partial charge in [0.1, 0.15) is 12.3 Å². The number of hydrogen-bond acceptors (Lipinski definition) is 3. The Hall–Kier alpha value is -0.960. The Bertz CT molecular complexity index is 783. The molecular weight excluding hydrogens is 451 g/mol. The fourth-order valence-corrected chi connectivity index (χ4v) is 3.05. The van der Waals surface area contributed by atoms with Crippen LogP contribution in [0, 0.1) is 22.1 Å². The first-order chi connectivity index (χ1) is 11.3. The molecule has 0 aliphatic heterocycles. The minimum absolute atomic E-state index is 0.00210. The summed E-state index contributed by atoms with van der Waals surface area (Å²) in [4.78, 5) is 5.67. The minimum atomic E-state index is -1.13. The number of aryl methyl sites for hydroxylation is 1. The summed E-state index contributed by atoms with van der Waals surface area (Å²) in [5, 5.41) is 10.9. The molecule has 0 radical (unpaired) electrons. The molecule has 0 saturated heterocycles. The molecule has 1 aliphatic rings. The molecule has 1 N–H and O–H groups in total. The maximum atomic E-state index is 14.4. The molecular formula is C17H15ClF2INO2. The topological polar surface area (TPSA) is 32.7 Å². The Kier molecular flexibility index (Phi) is 5.01. The Morgan fingerprint density at radius 2 is 1.88 bits per heavy atom. The van der Waals surface area contributed by atoms with Crippen LogP contribution in [0.15, 0.2) is 30.3 Å². The van der Waals surface area contributed by atoms with Crippen LogP contribution in [0.4, 0.5) is 20.2 Å². The summed E-state index contributed by atoms with van der Waals surface area (Å²) in [6.07, 6.45) is 1.26. The highest BCUT2D eigenvalue weighted by Crippen LogP contribution is 2.39. The molecule has 3 rings (SSSR count). The van der Waals surface area contributed by atoms with E-state index in [1.54, 1.807) is 6.07 Å². The fourth-order valence-electron chi connectivity index (χ4n) is 2.26. The number of aliphatic hydroxyl groups is 1. The van der Waals surface area contributed by atoms with Crippen molar-refractivity contribution in [1.82, 2.24) is 0 Å². The van der Waals surface area contributed by atoms with Gasteiger partial charge in [-0.15, -0.1) is 0 Å². The zero-order chi connectivity index (χ0) is 17.5. The zero-order valence-corrected chi connectivity index (χ0v) is 15.7. The summed E-state index contributed by atoms with van der Waals surface area (Å²) < 4.78 is 29.3. The van der Waals surface area contributed by atoms with Crippen molar-refractivity contribution in [2.24, 2.45) is 0 Å². The van der Waals surface area contributed by atoms with Crippen LogP contribution in [0.2, 0.25) is 5.02 Å². The monoisotopic (exact) mass is 465 g/mol. The fraction of sp³-hybridized carbons (Fsp3) is 0.294. The number of rotatable bonds is 5. The van der Waals surface area contributed by atoms with Crippen molar-refractivity contribution in [3.8, 4) is 0 Å². The Balaban J connectivity index is 2.02. The van der Waals surface area contributed by atoms with E-state index in [1.165, 1.54) is 17.2 Å². The van der Waals surface area contributed by atoms with E-state index in [1.807, 2.05) is 19.1 Å². The summed E-state index contributed by atoms with van der Waals surface area (Å²) in [5.74, 6) is -2.22. The van der Waals surface area contributed by atoms with Crippen LogP contribution in [0.25, 0.3) is 0 Å². The maximum absolute atomic E-state index is 14.4. The second kappa shape index (κ2) is 6.74. The van der Waals surface area contributed by atoms with Gasteiger partial charge < -0.3 is 5.11 Å². The van der Waals surface area contributed by atoms with Crippen molar-refractivity contribution in [2.75, 3.05) is 11.7 Å². The van der Waals surface area contributed by atoms with Crippen LogP contribution in [0.1, 0.15) is 18.4 Å². The molecule has 0 atom stereocenters. The molecule has 0 spiro atoms. The van der Waals surface area contributed by atoms with Gasteiger partial charge in [0.25, 0.3) is 0 Å². The molecule has 7 heteroatoms. The normalized spacial score (nSPS) is 15.4. The van der Waals surface area contributed by atoms with Crippen LogP contribution in [0.5, 0.6) is 0 Å². The average Bonchev–Trinajstić information content (AvgIpc) is 3.26. The molecule has 3 nitrogen and oxygen atoms in total. The van der Waals surface area contributed by atoms with E-state index in [4.69, 9.17) is 16.4 Å². The number of hydrogen-bond donors (Lipinski definition) is 1. The average molecular weight is 466 g/mol. The van der Waals surface area contributed by atoms with Crippen molar-refractivity contribution in [3.05, 3.63) is 56.1 Å². The maximum Gasteiger partial charge on any atom is 0.186 e. The molecule has 0 bridgehead atoms. The van der Waals surface area contributed by atoms with Crippen LogP contribution in [0.3, 0.4) is 0 Å². The molecule has 0 heterocycles. The van der Waals surface area contributed by atoms with Gasteiger partial charge in [-0.25, -0.2) is 13.8 Å². The lowest BCUT2D eigenvalue weighted by Crippen LogP contribution is -2.27. The number of anilines is 2. The first kappa shape index (κ1) is 17.8. The molecule has 0 aromatic heterocycles. The third-order valence-electron chi connectivity index (χ3n) is 3.90. The van der Waals surface area contributed by atoms with Crippen LogP contribution >= 0.6 is 34.2 Å². The quantitative estimate of drug-likeness (QED) is 0.378. The van der Waals surface area contributed by atoms with E-state index >= 15 is 0 Å². The van der Waals surface area contributed by atoms with E-state index in [0.717, 1.165) is 9.13 Å². The predicted octanol–water partition coefficient (Wildman–Crippen LogP) is 5.13. The molecule has 1 fully saturated rings. The van der Waals surface area contributed by atoms with E-state index in [0.29, 0.717) is 18.5 Å². The Morgan fingerprint density at radius 3 is 2.50 bits per heavy atom. The molecule has 2 aromatic rings. The number of nitrogens with zero attached hydrogens (tertiary/aromatic N) is 1. The largest absolute Gasteiger partial charge is 0.387 e. The number of benzene rings is 2. The summed E-state index contributed by atoms with van der Waals surface area (Å²) in [6.45, 7) is 1.85. The van der Waals surface area contributed by atoms with E-state index in [9.17, 15) is 13.9 Å². The smallest absolute Gasteiger partial charge is 0.186 e. The standard InChI is InChI=1S/C17H15ClF2INO2/c1-10-8-11(21)2-4-13(10)22(24-9-17(23)6-7-17)14-5-3-12(18)15(19)16(14)20/h2-5,8,23H,6-7,9H2,1H3. The third-order valence-corrected chi connectivity index (χ3v) is 4.86. The van der Waals surface area contributed by atoms with Gasteiger partial charge in [-0.2, -0.15) is 0 Å². The van der Waals surface area contributed by atoms with Gasteiger partial charge in [0.15, 0.2) is 11.6 Å². The van der Waals surface area contributed by atoms with Gasteiger partial charge in [-0.05, 0) is 78.3 Å². The molecule has 0 unspecified atom stereocenters. The molecule has 1 saturated carbocycles. The SMILES string of the molecule is Cc1cc(I)ccc1N(OCC1(O)CC1)c1ccc(Cl)c(F)c1F. The summed E-state index contributed by atoms with van der Waals surface area (Å²) >= 11 is 7.80. The lowest BCUT2D eigenvalue weighted by Gasteiger charge is -2.27. The summed E-state index contributed by atoms with van der Waals surface area (Å²) in [5.41, 5.74) is 0.418. The van der Waals surface area contributed by atoms with E-state index in [2.05, 4.69) is 22.6 Å². The Labute approximate surface area is 157 Å². The van der Waals surface area contributed by atoms with E-state index in [-0.39, 0.29) is 17.3 Å². The highest BCUT2D eigenvalue weighted by Gasteiger charge is 2.41. The highest BCUT2D eigenvalue weighted by molar-refractivity contribution is 14.1. The first-order valence-corrected chi connectivity index (χ1v) is 8.81. The van der Waals surface area contributed by atoms with Gasteiger partial charge in [0, 0.05) is 3.57 Å². The molecule has 0 amide bonds. The van der Waals surface area contributed by atoms with Gasteiger partial charge in [0.2, 0.25) is 0 Å².